The fourth-order valence-corrected chi connectivity index (χ4v) is 2.97. The number of hydrogen-bond acceptors (Lipinski definition) is 1. The Morgan fingerprint density at radius 3 is 2.83 bits per heavy atom. The van der Waals surface area contributed by atoms with Crippen LogP contribution in [0.25, 0.3) is 11.1 Å². The van der Waals surface area contributed by atoms with E-state index in [0.717, 1.165) is 18.1 Å². The molecule has 2 aromatic rings. The Bertz CT molecular complexity index is 577. The molecule has 0 aliphatic carbocycles. The van der Waals surface area contributed by atoms with Gasteiger partial charge in [-0.1, -0.05) is 48.9 Å². The zero-order valence-electron chi connectivity index (χ0n) is 10.4. The van der Waals surface area contributed by atoms with E-state index in [-0.39, 0.29) is 0 Å². The predicted molar refractivity (Wildman–Crippen MR) is 77.0 cm³/mol. The summed E-state index contributed by atoms with van der Waals surface area (Å²) in [5.41, 5.74) is 5.42. The summed E-state index contributed by atoms with van der Waals surface area (Å²) in [7, 11) is 0. The average Bonchev–Trinajstić information content (AvgIpc) is 2.38. The molecule has 1 aliphatic rings. The van der Waals surface area contributed by atoms with Gasteiger partial charge in [0, 0.05) is 18.1 Å². The van der Waals surface area contributed by atoms with Gasteiger partial charge in [-0.2, -0.15) is 0 Å². The molecule has 1 atom stereocenters. The molecule has 1 heterocycles. The standard InChI is InChI=1S/C16H16ClN/c1-11-9-18-10-13-5-3-7-15(16(11)13)12-4-2-6-14(17)8-12/h2-8,11,18H,9-10H2,1H3. The van der Waals surface area contributed by atoms with Crippen LogP contribution in [0.2, 0.25) is 5.02 Å². The maximum atomic E-state index is 6.10. The van der Waals surface area contributed by atoms with E-state index in [9.17, 15) is 0 Å². The summed E-state index contributed by atoms with van der Waals surface area (Å²) in [6.45, 7) is 4.29. The zero-order valence-corrected chi connectivity index (χ0v) is 11.2. The van der Waals surface area contributed by atoms with Crippen molar-refractivity contribution in [3.63, 3.8) is 0 Å². The highest BCUT2D eigenvalue weighted by molar-refractivity contribution is 6.30. The quantitative estimate of drug-likeness (QED) is 0.807. The van der Waals surface area contributed by atoms with Crippen LogP contribution in [-0.4, -0.2) is 6.54 Å². The molecule has 0 saturated heterocycles. The lowest BCUT2D eigenvalue weighted by Crippen LogP contribution is -2.27. The highest BCUT2D eigenvalue weighted by atomic mass is 35.5. The van der Waals surface area contributed by atoms with Crippen molar-refractivity contribution in [2.75, 3.05) is 6.54 Å². The van der Waals surface area contributed by atoms with Gasteiger partial charge in [0.25, 0.3) is 0 Å². The lowest BCUT2D eigenvalue weighted by atomic mass is 9.85. The van der Waals surface area contributed by atoms with Crippen LogP contribution in [0.4, 0.5) is 0 Å². The Morgan fingerprint density at radius 2 is 2.00 bits per heavy atom. The van der Waals surface area contributed by atoms with Gasteiger partial charge in [-0.3, -0.25) is 0 Å². The molecule has 0 spiro atoms. The first-order valence-corrected chi connectivity index (χ1v) is 6.72. The fourth-order valence-electron chi connectivity index (χ4n) is 2.78. The van der Waals surface area contributed by atoms with E-state index in [1.54, 1.807) is 0 Å². The molecular formula is C16H16ClN. The minimum Gasteiger partial charge on any atom is -0.312 e. The molecule has 92 valence electrons. The van der Waals surface area contributed by atoms with E-state index in [2.05, 4.69) is 36.5 Å². The maximum absolute atomic E-state index is 6.10. The molecular weight excluding hydrogens is 242 g/mol. The second-order valence-corrected chi connectivity index (χ2v) is 5.36. The van der Waals surface area contributed by atoms with Gasteiger partial charge >= 0.3 is 0 Å². The lowest BCUT2D eigenvalue weighted by molar-refractivity contribution is 0.572. The molecule has 0 radical (unpaired) electrons. The van der Waals surface area contributed by atoms with Crippen LogP contribution in [0, 0.1) is 0 Å². The summed E-state index contributed by atoms with van der Waals surface area (Å²) in [5.74, 6) is 0.545. The molecule has 0 amide bonds. The molecule has 0 aromatic heterocycles. The monoisotopic (exact) mass is 257 g/mol. The third-order valence-corrected chi connectivity index (χ3v) is 3.83. The molecule has 0 fully saturated rings. The van der Waals surface area contributed by atoms with Crippen LogP contribution in [0.15, 0.2) is 42.5 Å². The van der Waals surface area contributed by atoms with Crippen LogP contribution in [-0.2, 0) is 6.54 Å². The van der Waals surface area contributed by atoms with Gasteiger partial charge < -0.3 is 5.32 Å². The summed E-state index contributed by atoms with van der Waals surface area (Å²) in [5, 5.41) is 4.25. The third-order valence-electron chi connectivity index (χ3n) is 3.59. The lowest BCUT2D eigenvalue weighted by Gasteiger charge is -2.26. The fraction of sp³-hybridized carbons (Fsp3) is 0.250. The molecule has 18 heavy (non-hydrogen) atoms. The Morgan fingerprint density at radius 1 is 1.17 bits per heavy atom. The van der Waals surface area contributed by atoms with Crippen molar-refractivity contribution in [3.8, 4) is 11.1 Å². The number of nitrogens with one attached hydrogen (secondary N) is 1. The third kappa shape index (κ3) is 2.05. The van der Waals surface area contributed by atoms with E-state index in [0.29, 0.717) is 5.92 Å². The van der Waals surface area contributed by atoms with E-state index in [1.165, 1.54) is 22.3 Å². The molecule has 1 aliphatic heterocycles. The van der Waals surface area contributed by atoms with Crippen LogP contribution in [0.5, 0.6) is 0 Å². The van der Waals surface area contributed by atoms with E-state index in [4.69, 9.17) is 11.6 Å². The smallest absolute Gasteiger partial charge is 0.0412 e. The van der Waals surface area contributed by atoms with Crippen LogP contribution >= 0.6 is 11.6 Å². The van der Waals surface area contributed by atoms with Gasteiger partial charge in [0.05, 0.1) is 0 Å². The summed E-state index contributed by atoms with van der Waals surface area (Å²) in [6, 6.07) is 14.7. The van der Waals surface area contributed by atoms with Crippen LogP contribution in [0.1, 0.15) is 24.0 Å². The van der Waals surface area contributed by atoms with Gasteiger partial charge in [-0.25, -0.2) is 0 Å². The second-order valence-electron chi connectivity index (χ2n) is 4.92. The van der Waals surface area contributed by atoms with E-state index in [1.807, 2.05) is 18.2 Å². The van der Waals surface area contributed by atoms with E-state index < -0.39 is 0 Å². The number of rotatable bonds is 1. The van der Waals surface area contributed by atoms with Crippen LogP contribution < -0.4 is 5.32 Å². The Kier molecular flexibility index (Phi) is 3.11. The topological polar surface area (TPSA) is 12.0 Å². The van der Waals surface area contributed by atoms with Crippen molar-refractivity contribution in [2.45, 2.75) is 19.4 Å². The number of halogens is 1. The van der Waals surface area contributed by atoms with Gasteiger partial charge in [0.1, 0.15) is 0 Å². The van der Waals surface area contributed by atoms with Crippen molar-refractivity contribution in [2.24, 2.45) is 0 Å². The van der Waals surface area contributed by atoms with E-state index >= 15 is 0 Å². The summed E-state index contributed by atoms with van der Waals surface area (Å²) in [4.78, 5) is 0. The molecule has 1 unspecified atom stereocenters. The summed E-state index contributed by atoms with van der Waals surface area (Å²) < 4.78 is 0. The number of fused-ring (bicyclic) bond motifs is 1. The van der Waals surface area contributed by atoms with Crippen molar-refractivity contribution < 1.29 is 0 Å². The summed E-state index contributed by atoms with van der Waals surface area (Å²) >= 11 is 6.10. The Balaban J connectivity index is 2.18. The predicted octanol–water partition coefficient (Wildman–Crippen LogP) is 4.21. The van der Waals surface area contributed by atoms with Crippen LogP contribution in [0.3, 0.4) is 0 Å². The SMILES string of the molecule is CC1CNCc2cccc(-c3cccc(Cl)c3)c21. The van der Waals surface area contributed by atoms with Gasteiger partial charge in [-0.05, 0) is 40.3 Å². The molecule has 0 saturated carbocycles. The molecule has 1 nitrogen and oxygen atoms in total. The molecule has 2 aromatic carbocycles. The van der Waals surface area contributed by atoms with Crippen molar-refractivity contribution in [1.82, 2.24) is 5.32 Å². The minimum atomic E-state index is 0.545. The first-order valence-electron chi connectivity index (χ1n) is 6.34. The van der Waals surface area contributed by atoms with Crippen molar-refractivity contribution in [3.05, 3.63) is 58.6 Å². The molecule has 3 rings (SSSR count). The first-order chi connectivity index (χ1) is 8.75. The minimum absolute atomic E-state index is 0.545. The van der Waals surface area contributed by atoms with Gasteiger partial charge in [-0.15, -0.1) is 0 Å². The number of benzene rings is 2. The second kappa shape index (κ2) is 4.75. The normalized spacial score (nSPS) is 18.4. The molecule has 0 bridgehead atoms. The Hall–Kier alpha value is -1.31. The summed E-state index contributed by atoms with van der Waals surface area (Å²) in [6.07, 6.45) is 0. The number of hydrogen-bond donors (Lipinski definition) is 1. The average molecular weight is 258 g/mol. The zero-order chi connectivity index (χ0) is 12.5. The van der Waals surface area contributed by atoms with Gasteiger partial charge in [0.15, 0.2) is 0 Å². The highest BCUT2D eigenvalue weighted by Gasteiger charge is 2.19. The first kappa shape index (κ1) is 11.8. The highest BCUT2D eigenvalue weighted by Crippen LogP contribution is 2.34. The van der Waals surface area contributed by atoms with Crippen molar-refractivity contribution >= 4 is 11.6 Å². The molecule has 1 N–H and O–H groups in total. The van der Waals surface area contributed by atoms with Gasteiger partial charge in [0.2, 0.25) is 0 Å². The Labute approximate surface area is 113 Å². The molecule has 2 heteroatoms. The van der Waals surface area contributed by atoms with Crippen molar-refractivity contribution in [1.29, 1.82) is 0 Å². The maximum Gasteiger partial charge on any atom is 0.0412 e. The largest absolute Gasteiger partial charge is 0.312 e.